The molecule has 0 aliphatic carbocycles. The lowest BCUT2D eigenvalue weighted by atomic mass is 10.2. The minimum atomic E-state index is 0.213. The van der Waals surface area contributed by atoms with Crippen LogP contribution in [-0.2, 0) is 13.5 Å². The number of aryl methyl sites for hydroxylation is 2. The molecule has 0 radical (unpaired) electrons. The van der Waals surface area contributed by atoms with Crippen LogP contribution in [-0.4, -0.2) is 16.1 Å². The van der Waals surface area contributed by atoms with Crippen LogP contribution >= 0.6 is 11.3 Å². The number of nitrogens with zero attached hydrogens (tertiary/aromatic N) is 2. The van der Waals surface area contributed by atoms with E-state index < -0.39 is 0 Å². The maximum atomic E-state index is 4.45. The average molecular weight is 249 g/mol. The summed E-state index contributed by atoms with van der Waals surface area (Å²) >= 11 is 1.87. The summed E-state index contributed by atoms with van der Waals surface area (Å²) < 4.78 is 2.08. The van der Waals surface area contributed by atoms with Crippen molar-refractivity contribution < 1.29 is 0 Å². The van der Waals surface area contributed by atoms with E-state index in [4.69, 9.17) is 0 Å². The number of aromatic nitrogens is 2. The maximum Gasteiger partial charge on any atom is 0.131 e. The quantitative estimate of drug-likeness (QED) is 0.883. The first-order valence-electron chi connectivity index (χ1n) is 6.05. The van der Waals surface area contributed by atoms with Crippen LogP contribution in [0.15, 0.2) is 24.5 Å². The molecular formula is C13H19N3S. The number of thiophene rings is 1. The first kappa shape index (κ1) is 12.3. The van der Waals surface area contributed by atoms with Crippen molar-refractivity contribution in [2.24, 2.45) is 7.05 Å². The number of rotatable bonds is 5. The number of nitrogens with one attached hydrogen (secondary N) is 1. The second kappa shape index (κ2) is 5.47. The zero-order valence-corrected chi connectivity index (χ0v) is 11.4. The van der Waals surface area contributed by atoms with Gasteiger partial charge in [-0.05, 0) is 25.1 Å². The fourth-order valence-corrected chi connectivity index (χ4v) is 2.94. The van der Waals surface area contributed by atoms with Crippen molar-refractivity contribution >= 4 is 11.3 Å². The predicted molar refractivity (Wildman–Crippen MR) is 72.4 cm³/mol. The van der Waals surface area contributed by atoms with Gasteiger partial charge in [0, 0.05) is 29.2 Å². The van der Waals surface area contributed by atoms with Crippen molar-refractivity contribution in [2.75, 3.05) is 6.54 Å². The van der Waals surface area contributed by atoms with Crippen LogP contribution in [0.25, 0.3) is 0 Å². The molecule has 0 fully saturated rings. The predicted octanol–water partition coefficient (Wildman–Crippen LogP) is 2.74. The van der Waals surface area contributed by atoms with Gasteiger partial charge < -0.3 is 9.88 Å². The van der Waals surface area contributed by atoms with E-state index >= 15 is 0 Å². The van der Waals surface area contributed by atoms with Gasteiger partial charge in [-0.3, -0.25) is 0 Å². The second-order valence-corrected chi connectivity index (χ2v) is 5.24. The van der Waals surface area contributed by atoms with Crippen molar-refractivity contribution in [3.8, 4) is 0 Å². The minimum absolute atomic E-state index is 0.213. The Morgan fingerprint density at radius 2 is 2.24 bits per heavy atom. The van der Waals surface area contributed by atoms with Crippen LogP contribution in [0.5, 0.6) is 0 Å². The van der Waals surface area contributed by atoms with Crippen LogP contribution in [0.1, 0.15) is 35.5 Å². The Morgan fingerprint density at radius 3 is 2.76 bits per heavy atom. The highest BCUT2D eigenvalue weighted by Gasteiger charge is 2.18. The average Bonchev–Trinajstić information content (AvgIpc) is 2.95. The van der Waals surface area contributed by atoms with Gasteiger partial charge in [0.1, 0.15) is 11.9 Å². The van der Waals surface area contributed by atoms with E-state index in [0.29, 0.717) is 0 Å². The molecule has 2 aromatic heterocycles. The third-order valence-corrected chi connectivity index (χ3v) is 4.13. The van der Waals surface area contributed by atoms with Crippen LogP contribution in [0.2, 0.25) is 0 Å². The summed E-state index contributed by atoms with van der Waals surface area (Å²) in [6.07, 6.45) is 4.95. The van der Waals surface area contributed by atoms with Crippen LogP contribution in [0, 0.1) is 0 Å². The van der Waals surface area contributed by atoms with Gasteiger partial charge in [-0.2, -0.15) is 0 Å². The molecule has 17 heavy (non-hydrogen) atoms. The fourth-order valence-electron chi connectivity index (χ4n) is 1.92. The summed E-state index contributed by atoms with van der Waals surface area (Å²) in [5.74, 6) is 1.08. The lowest BCUT2D eigenvalue weighted by molar-refractivity contribution is 0.584. The van der Waals surface area contributed by atoms with E-state index in [1.165, 1.54) is 9.75 Å². The van der Waals surface area contributed by atoms with Crippen molar-refractivity contribution in [1.29, 1.82) is 0 Å². The SMILES string of the molecule is CCNC(c1ccc(CC)s1)c1nccn1C. The molecule has 0 aliphatic rings. The molecule has 4 heteroatoms. The Morgan fingerprint density at radius 1 is 1.41 bits per heavy atom. The van der Waals surface area contributed by atoms with E-state index in [1.54, 1.807) is 0 Å². The minimum Gasteiger partial charge on any atom is -0.336 e. The standard InChI is InChI=1S/C13H19N3S/c1-4-10-6-7-11(17-10)12(14-5-2)13-15-8-9-16(13)3/h6-9,12,14H,4-5H2,1-3H3. The fraction of sp³-hybridized carbons (Fsp3) is 0.462. The smallest absolute Gasteiger partial charge is 0.131 e. The Labute approximate surface area is 107 Å². The van der Waals surface area contributed by atoms with Crippen molar-refractivity contribution in [1.82, 2.24) is 14.9 Å². The monoisotopic (exact) mass is 249 g/mol. The molecule has 1 N–H and O–H groups in total. The Bertz CT molecular complexity index is 472. The van der Waals surface area contributed by atoms with Crippen LogP contribution in [0.4, 0.5) is 0 Å². The summed E-state index contributed by atoms with van der Waals surface area (Å²) in [7, 11) is 2.04. The molecule has 92 valence electrons. The van der Waals surface area contributed by atoms with Crippen molar-refractivity contribution in [3.63, 3.8) is 0 Å². The summed E-state index contributed by atoms with van der Waals surface area (Å²) in [4.78, 5) is 7.23. The van der Waals surface area contributed by atoms with Crippen molar-refractivity contribution in [3.05, 3.63) is 40.1 Å². The third kappa shape index (κ3) is 2.58. The highest BCUT2D eigenvalue weighted by molar-refractivity contribution is 7.12. The van der Waals surface area contributed by atoms with Gasteiger partial charge in [0.2, 0.25) is 0 Å². The largest absolute Gasteiger partial charge is 0.336 e. The molecule has 1 atom stereocenters. The molecule has 2 rings (SSSR count). The Kier molecular flexibility index (Phi) is 3.97. The summed E-state index contributed by atoms with van der Waals surface area (Å²) in [5, 5.41) is 3.51. The van der Waals surface area contributed by atoms with E-state index in [9.17, 15) is 0 Å². The highest BCUT2D eigenvalue weighted by Crippen LogP contribution is 2.27. The Balaban J connectivity index is 2.32. The molecular weight excluding hydrogens is 230 g/mol. The first-order valence-corrected chi connectivity index (χ1v) is 6.87. The summed E-state index contributed by atoms with van der Waals surface area (Å²) in [5.41, 5.74) is 0. The second-order valence-electron chi connectivity index (χ2n) is 4.04. The molecule has 0 bridgehead atoms. The molecule has 0 amide bonds. The number of hydrogen-bond donors (Lipinski definition) is 1. The topological polar surface area (TPSA) is 29.9 Å². The zero-order valence-electron chi connectivity index (χ0n) is 10.6. The molecule has 3 nitrogen and oxygen atoms in total. The third-order valence-electron chi connectivity index (χ3n) is 2.84. The normalized spacial score (nSPS) is 12.9. The van der Waals surface area contributed by atoms with Gasteiger partial charge in [0.05, 0.1) is 0 Å². The molecule has 0 aromatic carbocycles. The van der Waals surface area contributed by atoms with Gasteiger partial charge in [0.15, 0.2) is 0 Å². The zero-order chi connectivity index (χ0) is 12.3. The summed E-state index contributed by atoms with van der Waals surface area (Å²) in [6, 6.07) is 4.64. The first-order chi connectivity index (χ1) is 8.26. The number of imidazole rings is 1. The van der Waals surface area contributed by atoms with Crippen molar-refractivity contribution in [2.45, 2.75) is 26.3 Å². The van der Waals surface area contributed by atoms with E-state index in [1.807, 2.05) is 30.8 Å². The number of hydrogen-bond acceptors (Lipinski definition) is 3. The highest BCUT2D eigenvalue weighted by atomic mass is 32.1. The summed E-state index contributed by atoms with van der Waals surface area (Å²) in [6.45, 7) is 5.26. The van der Waals surface area contributed by atoms with E-state index in [2.05, 4.69) is 40.8 Å². The van der Waals surface area contributed by atoms with Gasteiger partial charge in [0.25, 0.3) is 0 Å². The van der Waals surface area contributed by atoms with Gasteiger partial charge >= 0.3 is 0 Å². The molecule has 0 saturated carbocycles. The molecule has 2 aromatic rings. The molecule has 0 saturated heterocycles. The van der Waals surface area contributed by atoms with E-state index in [-0.39, 0.29) is 6.04 Å². The molecule has 2 heterocycles. The molecule has 0 aliphatic heterocycles. The van der Waals surface area contributed by atoms with Gasteiger partial charge in [-0.25, -0.2) is 4.98 Å². The Hall–Kier alpha value is -1.13. The van der Waals surface area contributed by atoms with Gasteiger partial charge in [-0.1, -0.05) is 13.8 Å². The lowest BCUT2D eigenvalue weighted by Crippen LogP contribution is -2.23. The van der Waals surface area contributed by atoms with Gasteiger partial charge in [-0.15, -0.1) is 11.3 Å². The van der Waals surface area contributed by atoms with Crippen LogP contribution < -0.4 is 5.32 Å². The lowest BCUT2D eigenvalue weighted by Gasteiger charge is -2.16. The van der Waals surface area contributed by atoms with Crippen LogP contribution in [0.3, 0.4) is 0 Å². The maximum absolute atomic E-state index is 4.45. The molecule has 1 unspecified atom stereocenters. The molecule has 0 spiro atoms. The van der Waals surface area contributed by atoms with E-state index in [0.717, 1.165) is 18.8 Å².